The SMILES string of the molecule is COc1ccc(NCCc2ccc(CN3CCN(C(=O)/C=C/c4ccc(Oc5ccc(OCc6ccc(F)cc6)cn5)c(Cl)c4)CC3)cc2)cc1. The Morgan fingerprint density at radius 3 is 2.25 bits per heavy atom. The zero-order valence-corrected chi connectivity index (χ0v) is 29.2. The maximum absolute atomic E-state index is 13.1. The summed E-state index contributed by atoms with van der Waals surface area (Å²) in [4.78, 5) is 21.5. The van der Waals surface area contributed by atoms with Gasteiger partial charge in [0.25, 0.3) is 0 Å². The lowest BCUT2D eigenvalue weighted by Crippen LogP contribution is -2.47. The van der Waals surface area contributed by atoms with E-state index in [9.17, 15) is 9.18 Å². The summed E-state index contributed by atoms with van der Waals surface area (Å²) in [7, 11) is 1.67. The number of amides is 1. The average Bonchev–Trinajstić information content (AvgIpc) is 3.16. The van der Waals surface area contributed by atoms with Crippen LogP contribution in [0.4, 0.5) is 10.1 Å². The zero-order chi connectivity index (χ0) is 35.4. The highest BCUT2D eigenvalue weighted by Crippen LogP contribution is 2.30. The van der Waals surface area contributed by atoms with E-state index in [0.29, 0.717) is 42.1 Å². The standard InChI is InChI=1S/C41H40ClFN4O4/c1-49-36-14-12-35(13-15-36)44-21-20-30-2-4-32(5-3-30)28-46-22-24-47(25-23-46)41(48)19-9-31-8-17-39(38(42)26-31)51-40-18-16-37(27-45-40)50-29-33-6-10-34(43)11-7-33/h2-19,26-27,44H,20-25,28-29H2,1H3/b19-9+. The van der Waals surface area contributed by atoms with Crippen molar-refractivity contribution in [2.24, 2.45) is 0 Å². The number of hydrogen-bond acceptors (Lipinski definition) is 7. The molecule has 10 heteroatoms. The molecule has 1 aliphatic rings. The van der Waals surface area contributed by atoms with Gasteiger partial charge in [0.1, 0.15) is 29.7 Å². The molecule has 4 aromatic carbocycles. The minimum absolute atomic E-state index is 0.0235. The Bertz CT molecular complexity index is 1900. The first-order valence-corrected chi connectivity index (χ1v) is 17.2. The summed E-state index contributed by atoms with van der Waals surface area (Å²) in [6, 6.07) is 31.7. The van der Waals surface area contributed by atoms with Crippen molar-refractivity contribution in [3.63, 3.8) is 0 Å². The third-order valence-electron chi connectivity index (χ3n) is 8.56. The number of nitrogens with one attached hydrogen (secondary N) is 1. The van der Waals surface area contributed by atoms with E-state index in [0.717, 1.165) is 55.2 Å². The average molecular weight is 707 g/mol. The van der Waals surface area contributed by atoms with Crippen molar-refractivity contribution >= 4 is 29.3 Å². The van der Waals surface area contributed by atoms with Gasteiger partial charge in [-0.15, -0.1) is 0 Å². The second-order valence-corrected chi connectivity index (χ2v) is 12.6. The number of aromatic nitrogens is 1. The van der Waals surface area contributed by atoms with Gasteiger partial charge in [0, 0.05) is 57.1 Å². The van der Waals surface area contributed by atoms with Gasteiger partial charge in [-0.3, -0.25) is 9.69 Å². The fraction of sp³-hybridized carbons (Fsp3) is 0.220. The number of benzene rings is 4. The highest BCUT2D eigenvalue weighted by atomic mass is 35.5. The number of carbonyl (C=O) groups is 1. The second-order valence-electron chi connectivity index (χ2n) is 12.2. The molecule has 1 fully saturated rings. The predicted molar refractivity (Wildman–Crippen MR) is 199 cm³/mol. The third-order valence-corrected chi connectivity index (χ3v) is 8.86. The molecule has 5 aromatic rings. The molecule has 1 saturated heterocycles. The minimum atomic E-state index is -0.288. The van der Waals surface area contributed by atoms with Crippen LogP contribution in [0, 0.1) is 5.82 Å². The van der Waals surface area contributed by atoms with Gasteiger partial charge >= 0.3 is 0 Å². The molecule has 2 heterocycles. The molecule has 8 nitrogen and oxygen atoms in total. The molecule has 0 radical (unpaired) electrons. The predicted octanol–water partition coefficient (Wildman–Crippen LogP) is 8.27. The minimum Gasteiger partial charge on any atom is -0.497 e. The normalized spacial score (nSPS) is 13.3. The number of ether oxygens (including phenoxy) is 3. The summed E-state index contributed by atoms with van der Waals surface area (Å²) in [6.07, 6.45) is 5.86. The quantitative estimate of drug-likeness (QED) is 0.117. The molecule has 0 saturated carbocycles. The van der Waals surface area contributed by atoms with E-state index in [-0.39, 0.29) is 11.7 Å². The van der Waals surface area contributed by atoms with Crippen molar-refractivity contribution in [1.29, 1.82) is 0 Å². The highest BCUT2D eigenvalue weighted by Gasteiger charge is 2.19. The van der Waals surface area contributed by atoms with Gasteiger partial charge < -0.3 is 24.4 Å². The van der Waals surface area contributed by atoms with Crippen LogP contribution in [0.5, 0.6) is 23.1 Å². The molecule has 262 valence electrons. The van der Waals surface area contributed by atoms with Crippen LogP contribution in [-0.2, 0) is 24.4 Å². The van der Waals surface area contributed by atoms with Crippen molar-refractivity contribution in [2.45, 2.75) is 19.6 Å². The molecular weight excluding hydrogens is 667 g/mol. The van der Waals surface area contributed by atoms with Crippen molar-refractivity contribution in [3.8, 4) is 23.1 Å². The van der Waals surface area contributed by atoms with Crippen LogP contribution in [0.1, 0.15) is 22.3 Å². The number of rotatable bonds is 14. The number of carbonyl (C=O) groups excluding carboxylic acids is 1. The molecule has 0 bridgehead atoms. The van der Waals surface area contributed by atoms with Crippen LogP contribution < -0.4 is 19.5 Å². The van der Waals surface area contributed by atoms with Gasteiger partial charge in [-0.1, -0.05) is 54.1 Å². The molecule has 0 atom stereocenters. The first kappa shape index (κ1) is 35.4. The largest absolute Gasteiger partial charge is 0.497 e. The Kier molecular flexibility index (Phi) is 12.2. The second kappa shape index (κ2) is 17.5. The maximum Gasteiger partial charge on any atom is 0.246 e. The van der Waals surface area contributed by atoms with Gasteiger partial charge in [0.2, 0.25) is 11.8 Å². The van der Waals surface area contributed by atoms with Gasteiger partial charge in [-0.25, -0.2) is 9.37 Å². The van der Waals surface area contributed by atoms with E-state index in [1.807, 2.05) is 35.2 Å². The number of methoxy groups -OCH3 is 1. The van der Waals surface area contributed by atoms with Crippen molar-refractivity contribution < 1.29 is 23.4 Å². The zero-order valence-electron chi connectivity index (χ0n) is 28.4. The smallest absolute Gasteiger partial charge is 0.246 e. The number of nitrogens with zero attached hydrogens (tertiary/aromatic N) is 3. The lowest BCUT2D eigenvalue weighted by atomic mass is 10.1. The van der Waals surface area contributed by atoms with Gasteiger partial charge in [0.05, 0.1) is 18.3 Å². The molecule has 1 amide bonds. The van der Waals surface area contributed by atoms with Crippen LogP contribution in [-0.4, -0.2) is 60.5 Å². The Morgan fingerprint density at radius 1 is 0.863 bits per heavy atom. The molecule has 1 N–H and O–H groups in total. The van der Waals surface area contributed by atoms with E-state index in [1.165, 1.54) is 23.3 Å². The number of piperazine rings is 1. The fourth-order valence-electron chi connectivity index (χ4n) is 5.60. The Labute approximate surface area is 303 Å². The highest BCUT2D eigenvalue weighted by molar-refractivity contribution is 6.32. The summed E-state index contributed by atoms with van der Waals surface area (Å²) < 4.78 is 29.9. The monoisotopic (exact) mass is 706 g/mol. The molecule has 6 rings (SSSR count). The number of pyridine rings is 1. The summed E-state index contributed by atoms with van der Waals surface area (Å²) in [6.45, 7) is 5.00. The topological polar surface area (TPSA) is 76.2 Å². The van der Waals surface area contributed by atoms with Crippen LogP contribution in [0.3, 0.4) is 0 Å². The summed E-state index contributed by atoms with van der Waals surface area (Å²) in [5, 5.41) is 3.85. The molecule has 0 spiro atoms. The molecular formula is C41H40ClFN4O4. The number of hydrogen-bond donors (Lipinski definition) is 1. The summed E-state index contributed by atoms with van der Waals surface area (Å²) in [5.41, 5.74) is 5.28. The van der Waals surface area contributed by atoms with Crippen molar-refractivity contribution in [3.05, 3.63) is 148 Å². The Morgan fingerprint density at radius 2 is 1.57 bits per heavy atom. The lowest BCUT2D eigenvalue weighted by molar-refractivity contribution is -0.127. The van der Waals surface area contributed by atoms with E-state index in [1.54, 1.807) is 61.9 Å². The molecule has 1 aromatic heterocycles. The van der Waals surface area contributed by atoms with E-state index >= 15 is 0 Å². The van der Waals surface area contributed by atoms with E-state index < -0.39 is 0 Å². The number of anilines is 1. The van der Waals surface area contributed by atoms with E-state index in [4.69, 9.17) is 25.8 Å². The first-order valence-electron chi connectivity index (χ1n) is 16.9. The number of halogens is 2. The van der Waals surface area contributed by atoms with Crippen LogP contribution in [0.2, 0.25) is 5.02 Å². The molecule has 0 unspecified atom stereocenters. The van der Waals surface area contributed by atoms with Gasteiger partial charge in [-0.2, -0.15) is 0 Å². The Hall–Kier alpha value is -5.38. The first-order chi connectivity index (χ1) is 24.9. The summed E-state index contributed by atoms with van der Waals surface area (Å²) >= 11 is 6.50. The van der Waals surface area contributed by atoms with Crippen LogP contribution in [0.25, 0.3) is 6.08 Å². The van der Waals surface area contributed by atoms with Gasteiger partial charge in [0.15, 0.2) is 0 Å². The third kappa shape index (κ3) is 10.6. The van der Waals surface area contributed by atoms with Crippen molar-refractivity contribution in [1.82, 2.24) is 14.8 Å². The van der Waals surface area contributed by atoms with Gasteiger partial charge in [-0.05, 0) is 89.3 Å². The fourth-order valence-corrected chi connectivity index (χ4v) is 5.83. The summed E-state index contributed by atoms with van der Waals surface area (Å²) in [5.74, 6) is 1.90. The lowest BCUT2D eigenvalue weighted by Gasteiger charge is -2.34. The molecule has 1 aliphatic heterocycles. The van der Waals surface area contributed by atoms with Crippen LogP contribution in [0.15, 0.2) is 115 Å². The maximum atomic E-state index is 13.1. The van der Waals surface area contributed by atoms with Crippen LogP contribution >= 0.6 is 11.6 Å². The van der Waals surface area contributed by atoms with E-state index in [2.05, 4.69) is 39.5 Å². The molecule has 0 aliphatic carbocycles. The Balaban J connectivity index is 0.905. The van der Waals surface area contributed by atoms with Crippen molar-refractivity contribution in [2.75, 3.05) is 45.2 Å². The molecule has 51 heavy (non-hydrogen) atoms.